The van der Waals surface area contributed by atoms with Crippen molar-refractivity contribution in [1.82, 2.24) is 9.80 Å². The number of ether oxygens (including phenoxy) is 2. The fourth-order valence-electron chi connectivity index (χ4n) is 4.92. The summed E-state index contributed by atoms with van der Waals surface area (Å²) in [5.41, 5.74) is 0.601. The molecular formula is C25H29FN2O4. The summed E-state index contributed by atoms with van der Waals surface area (Å²) >= 11 is 0. The van der Waals surface area contributed by atoms with Crippen LogP contribution in [-0.4, -0.2) is 62.0 Å². The molecule has 1 aliphatic heterocycles. The van der Waals surface area contributed by atoms with Crippen molar-refractivity contribution in [1.29, 1.82) is 0 Å². The van der Waals surface area contributed by atoms with Gasteiger partial charge in [-0.25, -0.2) is 4.39 Å². The van der Waals surface area contributed by atoms with E-state index in [4.69, 9.17) is 9.47 Å². The highest BCUT2D eigenvalue weighted by Gasteiger charge is 2.45. The van der Waals surface area contributed by atoms with Gasteiger partial charge in [0.05, 0.1) is 19.6 Å². The van der Waals surface area contributed by atoms with Crippen molar-refractivity contribution in [3.8, 4) is 11.5 Å². The minimum atomic E-state index is -0.658. The van der Waals surface area contributed by atoms with Crippen LogP contribution in [0, 0.1) is 5.82 Å². The Hall–Kier alpha value is -3.09. The van der Waals surface area contributed by atoms with Crippen LogP contribution in [0.15, 0.2) is 42.5 Å². The molecule has 0 aromatic heterocycles. The largest absolute Gasteiger partial charge is 0.497 e. The van der Waals surface area contributed by atoms with Crippen LogP contribution >= 0.6 is 0 Å². The first-order chi connectivity index (χ1) is 15.5. The van der Waals surface area contributed by atoms with Crippen LogP contribution in [0.1, 0.15) is 41.6 Å². The smallest absolute Gasteiger partial charge is 0.254 e. The monoisotopic (exact) mass is 440 g/mol. The van der Waals surface area contributed by atoms with Crippen LogP contribution < -0.4 is 9.47 Å². The van der Waals surface area contributed by atoms with Crippen LogP contribution in [0.5, 0.6) is 11.5 Å². The Morgan fingerprint density at radius 3 is 2.03 bits per heavy atom. The zero-order valence-corrected chi connectivity index (χ0v) is 18.6. The SMILES string of the molecule is COc1cc(OC)cc(C(=O)N2CCN(C(=O)C3(c4cccc(F)c4)CCCC3)CC2)c1. The van der Waals surface area contributed by atoms with E-state index in [1.165, 1.54) is 12.1 Å². The van der Waals surface area contributed by atoms with Gasteiger partial charge in [-0.05, 0) is 42.7 Å². The number of amides is 2. The zero-order chi connectivity index (χ0) is 22.7. The van der Waals surface area contributed by atoms with Crippen molar-refractivity contribution in [2.75, 3.05) is 40.4 Å². The van der Waals surface area contributed by atoms with Gasteiger partial charge in [-0.2, -0.15) is 0 Å². The summed E-state index contributed by atoms with van der Waals surface area (Å²) in [6, 6.07) is 11.6. The van der Waals surface area contributed by atoms with Gasteiger partial charge in [0.25, 0.3) is 5.91 Å². The van der Waals surface area contributed by atoms with Gasteiger partial charge in [-0.1, -0.05) is 25.0 Å². The normalized spacial score (nSPS) is 17.8. The third kappa shape index (κ3) is 4.16. The van der Waals surface area contributed by atoms with Gasteiger partial charge in [0.1, 0.15) is 17.3 Å². The maximum Gasteiger partial charge on any atom is 0.254 e. The molecular weight excluding hydrogens is 411 g/mol. The zero-order valence-electron chi connectivity index (χ0n) is 18.6. The summed E-state index contributed by atoms with van der Waals surface area (Å²) in [5.74, 6) is 0.732. The number of hydrogen-bond acceptors (Lipinski definition) is 4. The molecule has 0 unspecified atom stereocenters. The third-order valence-corrected chi connectivity index (χ3v) is 6.70. The molecule has 7 heteroatoms. The molecule has 2 aromatic carbocycles. The van der Waals surface area contributed by atoms with Crippen molar-refractivity contribution in [3.63, 3.8) is 0 Å². The predicted octanol–water partition coefficient (Wildman–Crippen LogP) is 3.64. The molecule has 0 radical (unpaired) electrons. The fraction of sp³-hybridized carbons (Fsp3) is 0.440. The summed E-state index contributed by atoms with van der Waals surface area (Å²) in [5, 5.41) is 0. The van der Waals surface area contributed by atoms with Crippen molar-refractivity contribution in [2.45, 2.75) is 31.1 Å². The van der Waals surface area contributed by atoms with Gasteiger partial charge in [-0.15, -0.1) is 0 Å². The Bertz CT molecular complexity index is 973. The lowest BCUT2D eigenvalue weighted by Gasteiger charge is -2.40. The van der Waals surface area contributed by atoms with Crippen molar-refractivity contribution in [2.24, 2.45) is 0 Å². The lowest BCUT2D eigenvalue weighted by Crippen LogP contribution is -2.55. The van der Waals surface area contributed by atoms with Crippen LogP contribution in [0.3, 0.4) is 0 Å². The highest BCUT2D eigenvalue weighted by molar-refractivity contribution is 5.95. The Balaban J connectivity index is 1.47. The molecule has 32 heavy (non-hydrogen) atoms. The molecule has 0 spiro atoms. The number of nitrogens with zero attached hydrogens (tertiary/aromatic N) is 2. The molecule has 4 rings (SSSR count). The van der Waals surface area contributed by atoms with Gasteiger partial charge in [0, 0.05) is 37.8 Å². The molecule has 0 N–H and O–H groups in total. The molecule has 2 aromatic rings. The van der Waals surface area contributed by atoms with Crippen LogP contribution in [0.4, 0.5) is 4.39 Å². The van der Waals surface area contributed by atoms with Crippen molar-refractivity contribution < 1.29 is 23.5 Å². The van der Waals surface area contributed by atoms with E-state index in [-0.39, 0.29) is 17.6 Å². The van der Waals surface area contributed by atoms with Crippen LogP contribution in [0.2, 0.25) is 0 Å². The van der Waals surface area contributed by atoms with E-state index in [0.717, 1.165) is 31.2 Å². The van der Waals surface area contributed by atoms with Crippen molar-refractivity contribution >= 4 is 11.8 Å². The van der Waals surface area contributed by atoms with E-state index in [1.54, 1.807) is 43.4 Å². The maximum absolute atomic E-state index is 13.9. The summed E-state index contributed by atoms with van der Waals surface area (Å²) in [4.78, 5) is 30.3. The van der Waals surface area contributed by atoms with E-state index in [1.807, 2.05) is 11.0 Å². The summed E-state index contributed by atoms with van der Waals surface area (Å²) < 4.78 is 24.5. The molecule has 0 bridgehead atoms. The minimum absolute atomic E-state index is 0.0516. The molecule has 1 saturated carbocycles. The first-order valence-corrected chi connectivity index (χ1v) is 11.0. The third-order valence-electron chi connectivity index (χ3n) is 6.70. The first kappa shape index (κ1) is 22.1. The molecule has 2 amide bonds. The Kier molecular flexibility index (Phi) is 6.35. The lowest BCUT2D eigenvalue weighted by molar-refractivity contribution is -0.138. The van der Waals surface area contributed by atoms with E-state index >= 15 is 0 Å². The molecule has 1 aliphatic carbocycles. The molecule has 6 nitrogen and oxygen atoms in total. The summed E-state index contributed by atoms with van der Waals surface area (Å²) in [6.07, 6.45) is 3.38. The first-order valence-electron chi connectivity index (χ1n) is 11.0. The number of benzene rings is 2. The maximum atomic E-state index is 13.9. The summed E-state index contributed by atoms with van der Waals surface area (Å²) in [6.45, 7) is 1.82. The summed E-state index contributed by atoms with van der Waals surface area (Å²) in [7, 11) is 3.09. The molecule has 2 aliphatic rings. The average Bonchev–Trinajstić information content (AvgIpc) is 3.34. The van der Waals surface area contributed by atoms with Gasteiger partial charge in [-0.3, -0.25) is 9.59 Å². The number of rotatable bonds is 5. The quantitative estimate of drug-likeness (QED) is 0.712. The Morgan fingerprint density at radius 2 is 1.47 bits per heavy atom. The number of hydrogen-bond donors (Lipinski definition) is 0. The Labute approximate surface area is 187 Å². The lowest BCUT2D eigenvalue weighted by atomic mass is 9.77. The van der Waals surface area contributed by atoms with E-state index < -0.39 is 5.41 Å². The highest BCUT2D eigenvalue weighted by atomic mass is 19.1. The second-order valence-corrected chi connectivity index (χ2v) is 8.49. The van der Waals surface area contributed by atoms with Gasteiger partial charge >= 0.3 is 0 Å². The predicted molar refractivity (Wildman–Crippen MR) is 119 cm³/mol. The molecule has 2 fully saturated rings. The number of halogens is 1. The van der Waals surface area contributed by atoms with Gasteiger partial charge < -0.3 is 19.3 Å². The molecule has 170 valence electrons. The van der Waals surface area contributed by atoms with E-state index in [0.29, 0.717) is 43.2 Å². The highest BCUT2D eigenvalue weighted by Crippen LogP contribution is 2.43. The van der Waals surface area contributed by atoms with Gasteiger partial charge in [0.15, 0.2) is 0 Å². The standard InChI is InChI=1S/C25H29FN2O4/c1-31-21-14-18(15-22(17-21)32-2)23(29)27-10-12-28(13-11-27)24(30)25(8-3-4-9-25)19-6-5-7-20(26)16-19/h5-7,14-17H,3-4,8-13H2,1-2H3. The number of piperazine rings is 1. The Morgan fingerprint density at radius 1 is 0.875 bits per heavy atom. The fourth-order valence-corrected chi connectivity index (χ4v) is 4.92. The van der Waals surface area contributed by atoms with E-state index in [9.17, 15) is 14.0 Å². The number of methoxy groups -OCH3 is 2. The van der Waals surface area contributed by atoms with Crippen LogP contribution in [0.25, 0.3) is 0 Å². The topological polar surface area (TPSA) is 59.1 Å². The molecule has 0 atom stereocenters. The van der Waals surface area contributed by atoms with Crippen molar-refractivity contribution in [3.05, 3.63) is 59.4 Å². The molecule has 1 heterocycles. The molecule has 1 saturated heterocycles. The second kappa shape index (κ2) is 9.18. The average molecular weight is 441 g/mol. The second-order valence-electron chi connectivity index (χ2n) is 8.49. The number of carbonyl (C=O) groups excluding carboxylic acids is 2. The minimum Gasteiger partial charge on any atom is -0.497 e. The van der Waals surface area contributed by atoms with Crippen LogP contribution in [-0.2, 0) is 10.2 Å². The van der Waals surface area contributed by atoms with Gasteiger partial charge in [0.2, 0.25) is 5.91 Å². The number of carbonyl (C=O) groups is 2. The van der Waals surface area contributed by atoms with E-state index in [2.05, 4.69) is 0 Å².